The Bertz CT molecular complexity index is 658. The predicted molar refractivity (Wildman–Crippen MR) is 89.6 cm³/mol. The maximum absolute atomic E-state index is 12.4. The molecule has 0 unspecified atom stereocenters. The first-order valence-electron chi connectivity index (χ1n) is 7.38. The number of amides is 1. The van der Waals surface area contributed by atoms with E-state index in [9.17, 15) is 9.59 Å². The molecule has 0 radical (unpaired) electrons. The predicted octanol–water partition coefficient (Wildman–Crippen LogP) is 3.10. The Kier molecular flexibility index (Phi) is 6.22. The normalized spacial score (nSPS) is 11.7. The number of ether oxygens (including phenoxy) is 1. The molecule has 6 nitrogen and oxygen atoms in total. The van der Waals surface area contributed by atoms with Crippen molar-refractivity contribution in [3.63, 3.8) is 0 Å². The zero-order valence-electron chi connectivity index (χ0n) is 13.0. The molecule has 2 aromatic rings. The van der Waals surface area contributed by atoms with Crippen molar-refractivity contribution in [1.29, 1.82) is 0 Å². The van der Waals surface area contributed by atoms with Crippen molar-refractivity contribution in [2.45, 2.75) is 30.4 Å². The van der Waals surface area contributed by atoms with E-state index in [2.05, 4.69) is 15.3 Å². The SMILES string of the molecule is CCOC(=O)c1ncc(NC(=O)[C@@H](CC)Sc2ccccc2)[nH]1. The number of nitrogens with zero attached hydrogens (tertiary/aromatic N) is 1. The van der Waals surface area contributed by atoms with Crippen LogP contribution in [0.4, 0.5) is 5.82 Å². The van der Waals surface area contributed by atoms with Gasteiger partial charge in [0.1, 0.15) is 5.82 Å². The maximum atomic E-state index is 12.4. The van der Waals surface area contributed by atoms with Gasteiger partial charge in [0.25, 0.3) is 0 Å². The van der Waals surface area contributed by atoms with Crippen LogP contribution in [0, 0.1) is 0 Å². The summed E-state index contributed by atoms with van der Waals surface area (Å²) in [6.07, 6.45) is 2.09. The van der Waals surface area contributed by atoms with Gasteiger partial charge in [-0.15, -0.1) is 11.8 Å². The molecule has 1 aromatic carbocycles. The molecule has 0 saturated carbocycles. The van der Waals surface area contributed by atoms with Crippen molar-refractivity contribution in [3.8, 4) is 0 Å². The molecule has 1 amide bonds. The van der Waals surface area contributed by atoms with Crippen molar-refractivity contribution in [2.75, 3.05) is 11.9 Å². The molecular weight excluding hydrogens is 314 g/mol. The van der Waals surface area contributed by atoms with E-state index in [0.29, 0.717) is 12.2 Å². The maximum Gasteiger partial charge on any atom is 0.374 e. The summed E-state index contributed by atoms with van der Waals surface area (Å²) in [5.74, 6) is -0.227. The van der Waals surface area contributed by atoms with E-state index in [1.807, 2.05) is 37.3 Å². The van der Waals surface area contributed by atoms with E-state index >= 15 is 0 Å². The molecule has 0 aliphatic carbocycles. The van der Waals surface area contributed by atoms with Gasteiger partial charge in [-0.2, -0.15) is 0 Å². The van der Waals surface area contributed by atoms with Crippen LogP contribution in [0.15, 0.2) is 41.4 Å². The molecule has 1 aromatic heterocycles. The molecule has 0 saturated heterocycles. The number of hydrogen-bond donors (Lipinski definition) is 2. The molecule has 1 atom stereocenters. The van der Waals surface area contributed by atoms with Gasteiger partial charge in [0.05, 0.1) is 18.1 Å². The lowest BCUT2D eigenvalue weighted by Crippen LogP contribution is -2.24. The summed E-state index contributed by atoms with van der Waals surface area (Å²) in [5, 5.41) is 2.52. The Morgan fingerprint density at radius 2 is 2.04 bits per heavy atom. The summed E-state index contributed by atoms with van der Waals surface area (Å²) < 4.78 is 4.84. The number of hydrogen-bond acceptors (Lipinski definition) is 5. The Morgan fingerprint density at radius 3 is 2.70 bits per heavy atom. The summed E-state index contributed by atoms with van der Waals surface area (Å²) in [7, 11) is 0. The molecular formula is C16H19N3O3S. The molecule has 2 rings (SSSR count). The highest BCUT2D eigenvalue weighted by Gasteiger charge is 2.19. The van der Waals surface area contributed by atoms with Gasteiger partial charge in [-0.05, 0) is 25.5 Å². The molecule has 7 heteroatoms. The Morgan fingerprint density at radius 1 is 1.30 bits per heavy atom. The number of benzene rings is 1. The quantitative estimate of drug-likeness (QED) is 0.601. The van der Waals surface area contributed by atoms with Crippen molar-refractivity contribution < 1.29 is 14.3 Å². The van der Waals surface area contributed by atoms with Gasteiger partial charge in [-0.3, -0.25) is 4.79 Å². The number of nitrogens with one attached hydrogen (secondary N) is 2. The minimum absolute atomic E-state index is 0.0749. The zero-order valence-corrected chi connectivity index (χ0v) is 13.9. The van der Waals surface area contributed by atoms with Crippen LogP contribution < -0.4 is 5.32 Å². The van der Waals surface area contributed by atoms with Crippen LogP contribution in [0.3, 0.4) is 0 Å². The number of imidazole rings is 1. The second-order valence-corrected chi connectivity index (χ2v) is 5.96. The van der Waals surface area contributed by atoms with Crippen LogP contribution in [-0.2, 0) is 9.53 Å². The van der Waals surface area contributed by atoms with Crippen LogP contribution in [-0.4, -0.2) is 33.7 Å². The van der Waals surface area contributed by atoms with Gasteiger partial charge < -0.3 is 15.0 Å². The minimum Gasteiger partial charge on any atom is -0.460 e. The fourth-order valence-corrected chi connectivity index (χ4v) is 2.86. The van der Waals surface area contributed by atoms with Crippen molar-refractivity contribution >= 4 is 29.5 Å². The Hall–Kier alpha value is -2.28. The molecule has 23 heavy (non-hydrogen) atoms. The van der Waals surface area contributed by atoms with Gasteiger partial charge in [0, 0.05) is 4.90 Å². The average Bonchev–Trinajstić information content (AvgIpc) is 3.02. The Balaban J connectivity index is 1.98. The highest BCUT2D eigenvalue weighted by molar-refractivity contribution is 8.00. The summed E-state index contributed by atoms with van der Waals surface area (Å²) >= 11 is 1.50. The number of anilines is 1. The van der Waals surface area contributed by atoms with Crippen LogP contribution >= 0.6 is 11.8 Å². The molecule has 0 aliphatic rings. The third-order valence-corrected chi connectivity index (χ3v) is 4.36. The smallest absolute Gasteiger partial charge is 0.374 e. The van der Waals surface area contributed by atoms with E-state index in [1.54, 1.807) is 6.92 Å². The second kappa shape index (κ2) is 8.38. The Labute approximate surface area is 139 Å². The number of H-pyrrole nitrogens is 1. The largest absolute Gasteiger partial charge is 0.460 e. The third kappa shape index (κ3) is 4.85. The van der Waals surface area contributed by atoms with Crippen LogP contribution in [0.1, 0.15) is 30.9 Å². The lowest BCUT2D eigenvalue weighted by Gasteiger charge is -2.13. The number of thioether (sulfide) groups is 1. The van der Waals surface area contributed by atoms with E-state index in [4.69, 9.17) is 4.74 Å². The van der Waals surface area contributed by atoms with Gasteiger partial charge in [-0.1, -0.05) is 25.1 Å². The monoisotopic (exact) mass is 333 g/mol. The molecule has 0 bridgehead atoms. The fourth-order valence-electron chi connectivity index (χ4n) is 1.89. The summed E-state index contributed by atoms with van der Waals surface area (Å²) in [6, 6.07) is 9.75. The lowest BCUT2D eigenvalue weighted by atomic mass is 10.3. The number of carbonyl (C=O) groups is 2. The summed E-state index contributed by atoms with van der Waals surface area (Å²) in [5.41, 5.74) is 0. The van der Waals surface area contributed by atoms with Crippen LogP contribution in [0.25, 0.3) is 0 Å². The van der Waals surface area contributed by atoms with Crippen molar-refractivity contribution in [2.24, 2.45) is 0 Å². The molecule has 1 heterocycles. The third-order valence-electron chi connectivity index (χ3n) is 2.99. The van der Waals surface area contributed by atoms with Gasteiger partial charge >= 0.3 is 5.97 Å². The summed E-state index contributed by atoms with van der Waals surface area (Å²) in [6.45, 7) is 3.94. The standard InChI is InChI=1S/C16H19N3O3S/c1-3-12(23-11-8-6-5-7-9-11)15(20)19-13-10-17-14(18-13)16(21)22-4-2/h5-10,12H,3-4H2,1-2H3,(H,17,18)(H,19,20)/t12-/m1/s1. The highest BCUT2D eigenvalue weighted by atomic mass is 32.2. The first-order chi connectivity index (χ1) is 11.1. The first-order valence-corrected chi connectivity index (χ1v) is 8.26. The van der Waals surface area contributed by atoms with Crippen LogP contribution in [0.5, 0.6) is 0 Å². The highest BCUT2D eigenvalue weighted by Crippen LogP contribution is 2.26. The number of carbonyl (C=O) groups excluding carboxylic acids is 2. The van der Waals surface area contributed by atoms with Gasteiger partial charge in [0.15, 0.2) is 0 Å². The fraction of sp³-hybridized carbons (Fsp3) is 0.312. The first kappa shape index (κ1) is 17.1. The van der Waals surface area contributed by atoms with E-state index in [-0.39, 0.29) is 23.6 Å². The van der Waals surface area contributed by atoms with Crippen molar-refractivity contribution in [3.05, 3.63) is 42.4 Å². The lowest BCUT2D eigenvalue weighted by molar-refractivity contribution is -0.115. The molecule has 0 fully saturated rings. The van der Waals surface area contributed by atoms with E-state index in [0.717, 1.165) is 4.90 Å². The average molecular weight is 333 g/mol. The topological polar surface area (TPSA) is 84.1 Å². The van der Waals surface area contributed by atoms with E-state index in [1.165, 1.54) is 18.0 Å². The van der Waals surface area contributed by atoms with Crippen molar-refractivity contribution in [1.82, 2.24) is 9.97 Å². The molecule has 2 N–H and O–H groups in total. The summed E-state index contributed by atoms with van der Waals surface area (Å²) in [4.78, 5) is 31.6. The second-order valence-electron chi connectivity index (χ2n) is 4.68. The minimum atomic E-state index is -0.543. The number of esters is 1. The molecule has 0 spiro atoms. The number of rotatable bonds is 7. The number of aromatic nitrogens is 2. The van der Waals surface area contributed by atoms with E-state index < -0.39 is 5.97 Å². The van der Waals surface area contributed by atoms with Gasteiger partial charge in [0.2, 0.25) is 11.7 Å². The van der Waals surface area contributed by atoms with Crippen LogP contribution in [0.2, 0.25) is 0 Å². The zero-order chi connectivity index (χ0) is 16.7. The number of aromatic amines is 1. The van der Waals surface area contributed by atoms with Gasteiger partial charge in [-0.25, -0.2) is 9.78 Å². The molecule has 122 valence electrons. The molecule has 0 aliphatic heterocycles.